The van der Waals surface area contributed by atoms with Gasteiger partial charge in [-0.2, -0.15) is 0 Å². The second-order valence-corrected chi connectivity index (χ2v) is 7.40. The van der Waals surface area contributed by atoms with Crippen molar-refractivity contribution >= 4 is 23.6 Å². The van der Waals surface area contributed by atoms with Crippen molar-refractivity contribution in [1.82, 2.24) is 15.5 Å². The zero-order chi connectivity index (χ0) is 17.4. The van der Waals surface area contributed by atoms with Gasteiger partial charge in [0.15, 0.2) is 5.96 Å². The number of likely N-dealkylation sites (tertiary alicyclic amines) is 1. The van der Waals surface area contributed by atoms with Crippen LogP contribution in [-0.2, 0) is 4.79 Å². The van der Waals surface area contributed by atoms with Crippen LogP contribution in [0.15, 0.2) is 40.2 Å². The topological polar surface area (TPSA) is 56.7 Å². The van der Waals surface area contributed by atoms with Gasteiger partial charge in [0.2, 0.25) is 5.91 Å². The number of carbonyl (C=O) groups excluding carboxylic acids is 1. The average molecular weight is 349 g/mol. The van der Waals surface area contributed by atoms with Gasteiger partial charge in [-0.3, -0.25) is 9.79 Å². The molecule has 2 N–H and O–H groups in total. The number of benzene rings is 1. The minimum atomic E-state index is 0.0659. The zero-order valence-corrected chi connectivity index (χ0v) is 15.6. The molecule has 0 spiro atoms. The molecule has 1 fully saturated rings. The van der Waals surface area contributed by atoms with Gasteiger partial charge in [-0.1, -0.05) is 32.0 Å². The highest BCUT2D eigenvalue weighted by atomic mass is 32.2. The lowest BCUT2D eigenvalue weighted by molar-refractivity contribution is -0.133. The molecular formula is C18H28N4OS. The van der Waals surface area contributed by atoms with Crippen LogP contribution in [0.2, 0.25) is 0 Å². The Balaban J connectivity index is 1.68. The number of aliphatic imine (C=N–C) groups is 1. The molecule has 0 saturated carbocycles. The molecule has 2 rings (SSSR count). The number of rotatable bonds is 6. The molecule has 132 valence electrons. The smallest absolute Gasteiger partial charge is 0.225 e. The first kappa shape index (κ1) is 18.6. The summed E-state index contributed by atoms with van der Waals surface area (Å²) >= 11 is 1.82. The first-order valence-electron chi connectivity index (χ1n) is 8.54. The lowest BCUT2D eigenvalue weighted by Crippen LogP contribution is -2.45. The van der Waals surface area contributed by atoms with Crippen LogP contribution >= 0.6 is 11.8 Å². The summed E-state index contributed by atoms with van der Waals surface area (Å²) in [6.45, 7) is 6.34. The van der Waals surface area contributed by atoms with Crippen LogP contribution in [0, 0.1) is 5.92 Å². The van der Waals surface area contributed by atoms with Gasteiger partial charge < -0.3 is 15.5 Å². The molecule has 0 aromatic heterocycles. The fourth-order valence-electron chi connectivity index (χ4n) is 2.69. The summed E-state index contributed by atoms with van der Waals surface area (Å²) in [7, 11) is 1.78. The molecule has 1 aromatic carbocycles. The maximum Gasteiger partial charge on any atom is 0.225 e. The van der Waals surface area contributed by atoms with Crippen LogP contribution in [0.5, 0.6) is 0 Å². The van der Waals surface area contributed by atoms with E-state index in [0.29, 0.717) is 0 Å². The normalized spacial score (nSPS) is 18.1. The van der Waals surface area contributed by atoms with Crippen molar-refractivity contribution < 1.29 is 4.79 Å². The van der Waals surface area contributed by atoms with E-state index in [4.69, 9.17) is 0 Å². The fourth-order valence-corrected chi connectivity index (χ4v) is 3.48. The van der Waals surface area contributed by atoms with E-state index in [-0.39, 0.29) is 17.9 Å². The molecule has 1 saturated heterocycles. The molecule has 24 heavy (non-hydrogen) atoms. The predicted octanol–water partition coefficient (Wildman–Crippen LogP) is 2.20. The number of amides is 1. The quantitative estimate of drug-likeness (QED) is 0.358. The highest BCUT2D eigenvalue weighted by Gasteiger charge is 2.27. The lowest BCUT2D eigenvalue weighted by atomic mass is 10.2. The number of guanidine groups is 1. The highest BCUT2D eigenvalue weighted by molar-refractivity contribution is 7.99. The molecular weight excluding hydrogens is 320 g/mol. The minimum Gasteiger partial charge on any atom is -0.356 e. The number of nitrogens with one attached hydrogen (secondary N) is 2. The Morgan fingerprint density at radius 1 is 1.38 bits per heavy atom. The van der Waals surface area contributed by atoms with Crippen molar-refractivity contribution in [1.29, 1.82) is 0 Å². The molecule has 1 aliphatic rings. The Morgan fingerprint density at radius 3 is 2.79 bits per heavy atom. The Hall–Kier alpha value is -1.69. The fraction of sp³-hybridized carbons (Fsp3) is 0.556. The SMILES string of the molecule is CN=C(NCCSc1ccccc1)NC1CCN(C(=O)C(C)C)C1. The second-order valence-electron chi connectivity index (χ2n) is 6.23. The first-order chi connectivity index (χ1) is 11.6. The van der Waals surface area contributed by atoms with E-state index in [1.807, 2.05) is 36.6 Å². The number of carbonyl (C=O) groups is 1. The molecule has 1 atom stereocenters. The Bertz CT molecular complexity index is 547. The molecule has 0 bridgehead atoms. The summed E-state index contributed by atoms with van der Waals surface area (Å²) in [6.07, 6.45) is 0.970. The molecule has 1 heterocycles. The molecule has 0 radical (unpaired) electrons. The van der Waals surface area contributed by atoms with Crippen molar-refractivity contribution in [2.45, 2.75) is 31.2 Å². The van der Waals surface area contributed by atoms with Gasteiger partial charge in [0.1, 0.15) is 0 Å². The Labute approximate surface area is 149 Å². The van der Waals surface area contributed by atoms with Crippen LogP contribution in [0.3, 0.4) is 0 Å². The van der Waals surface area contributed by atoms with Gasteiger partial charge in [-0.25, -0.2) is 0 Å². The molecule has 5 nitrogen and oxygen atoms in total. The summed E-state index contributed by atoms with van der Waals surface area (Å²) in [6, 6.07) is 10.7. The first-order valence-corrected chi connectivity index (χ1v) is 9.52. The Kier molecular flexibility index (Phi) is 7.43. The third-order valence-electron chi connectivity index (χ3n) is 3.96. The van der Waals surface area contributed by atoms with Gasteiger partial charge in [-0.15, -0.1) is 11.8 Å². The highest BCUT2D eigenvalue weighted by Crippen LogP contribution is 2.16. The average Bonchev–Trinajstić information content (AvgIpc) is 3.06. The van der Waals surface area contributed by atoms with Crippen LogP contribution in [0.4, 0.5) is 0 Å². The maximum atomic E-state index is 12.0. The van der Waals surface area contributed by atoms with Crippen LogP contribution in [-0.4, -0.2) is 55.2 Å². The molecule has 1 unspecified atom stereocenters. The largest absolute Gasteiger partial charge is 0.356 e. The van der Waals surface area contributed by atoms with E-state index in [1.165, 1.54) is 4.90 Å². The van der Waals surface area contributed by atoms with Crippen molar-refractivity contribution in [3.05, 3.63) is 30.3 Å². The summed E-state index contributed by atoms with van der Waals surface area (Å²) in [5.41, 5.74) is 0. The van der Waals surface area contributed by atoms with Gasteiger partial charge in [-0.05, 0) is 18.6 Å². The summed E-state index contributed by atoms with van der Waals surface area (Å²) in [4.78, 5) is 19.5. The van der Waals surface area contributed by atoms with Crippen molar-refractivity contribution in [2.75, 3.05) is 32.4 Å². The van der Waals surface area contributed by atoms with E-state index >= 15 is 0 Å². The number of nitrogens with zero attached hydrogens (tertiary/aromatic N) is 2. The van der Waals surface area contributed by atoms with Gasteiger partial charge in [0.05, 0.1) is 0 Å². The van der Waals surface area contributed by atoms with Crippen LogP contribution in [0.1, 0.15) is 20.3 Å². The van der Waals surface area contributed by atoms with E-state index in [0.717, 1.165) is 37.8 Å². The van der Waals surface area contributed by atoms with E-state index < -0.39 is 0 Å². The van der Waals surface area contributed by atoms with Crippen molar-refractivity contribution in [3.8, 4) is 0 Å². The second kappa shape index (κ2) is 9.57. The molecule has 1 amide bonds. The monoisotopic (exact) mass is 348 g/mol. The van der Waals surface area contributed by atoms with Crippen LogP contribution < -0.4 is 10.6 Å². The summed E-state index contributed by atoms with van der Waals surface area (Å²) in [5.74, 6) is 2.10. The summed E-state index contributed by atoms with van der Waals surface area (Å²) in [5, 5.41) is 6.77. The minimum absolute atomic E-state index is 0.0659. The van der Waals surface area contributed by atoms with Crippen molar-refractivity contribution in [3.63, 3.8) is 0 Å². The molecule has 1 aromatic rings. The number of thioether (sulfide) groups is 1. The molecule has 1 aliphatic heterocycles. The number of hydrogen-bond acceptors (Lipinski definition) is 3. The van der Waals surface area contributed by atoms with Crippen molar-refractivity contribution in [2.24, 2.45) is 10.9 Å². The van der Waals surface area contributed by atoms with E-state index in [1.54, 1.807) is 7.05 Å². The van der Waals surface area contributed by atoms with Gasteiger partial charge in [0, 0.05) is 49.3 Å². The van der Waals surface area contributed by atoms with E-state index in [2.05, 4.69) is 39.9 Å². The maximum absolute atomic E-state index is 12.0. The molecule has 0 aliphatic carbocycles. The number of hydrogen-bond donors (Lipinski definition) is 2. The standard InChI is InChI=1S/C18H28N4OS/c1-14(2)17(23)22-11-9-15(13-22)21-18(19-3)20-10-12-24-16-7-5-4-6-8-16/h4-8,14-15H,9-13H2,1-3H3,(H2,19,20,21). The summed E-state index contributed by atoms with van der Waals surface area (Å²) < 4.78 is 0. The van der Waals surface area contributed by atoms with Crippen LogP contribution in [0.25, 0.3) is 0 Å². The third-order valence-corrected chi connectivity index (χ3v) is 4.98. The van der Waals surface area contributed by atoms with Gasteiger partial charge >= 0.3 is 0 Å². The van der Waals surface area contributed by atoms with Gasteiger partial charge in [0.25, 0.3) is 0 Å². The third kappa shape index (κ3) is 5.74. The lowest BCUT2D eigenvalue weighted by Gasteiger charge is -2.20. The van der Waals surface area contributed by atoms with E-state index in [9.17, 15) is 4.79 Å². The Morgan fingerprint density at radius 2 is 2.12 bits per heavy atom. The molecule has 6 heteroatoms. The predicted molar refractivity (Wildman–Crippen MR) is 101 cm³/mol. The zero-order valence-electron chi connectivity index (χ0n) is 14.8.